The quantitative estimate of drug-likeness (QED) is 0.930. The van der Waals surface area contributed by atoms with E-state index in [-0.39, 0.29) is 5.91 Å². The van der Waals surface area contributed by atoms with Crippen LogP contribution < -0.4 is 10.1 Å². The molecule has 2 heterocycles. The van der Waals surface area contributed by atoms with Gasteiger partial charge in [-0.15, -0.1) is 22.7 Å². The van der Waals surface area contributed by atoms with E-state index in [0.717, 1.165) is 15.1 Å². The fraction of sp³-hybridized carbons (Fsp3) is 0.182. The second kappa shape index (κ2) is 5.66. The van der Waals surface area contributed by atoms with Gasteiger partial charge >= 0.3 is 0 Å². The molecule has 0 unspecified atom stereocenters. The van der Waals surface area contributed by atoms with E-state index in [1.165, 1.54) is 11.3 Å². The summed E-state index contributed by atoms with van der Waals surface area (Å²) in [7, 11) is 1.59. The zero-order valence-electron chi connectivity index (χ0n) is 9.03. The molecule has 0 saturated heterocycles. The molecule has 2 rings (SSSR count). The van der Waals surface area contributed by atoms with Gasteiger partial charge < -0.3 is 10.1 Å². The number of carbonyl (C=O) groups is 1. The fourth-order valence-electron chi connectivity index (χ4n) is 1.24. The molecule has 0 aliphatic carbocycles. The third kappa shape index (κ3) is 3.08. The molecule has 0 atom stereocenters. The average Bonchev–Trinajstić information content (AvgIpc) is 2.94. The summed E-state index contributed by atoms with van der Waals surface area (Å²) >= 11 is 6.42. The van der Waals surface area contributed by atoms with Crippen molar-refractivity contribution in [3.05, 3.63) is 37.1 Å². The molecule has 0 saturated carbocycles. The fourth-order valence-corrected chi connectivity index (χ4v) is 3.45. The van der Waals surface area contributed by atoms with Crippen LogP contribution in [-0.4, -0.2) is 13.0 Å². The van der Waals surface area contributed by atoms with Crippen LogP contribution in [0.1, 0.15) is 14.5 Å². The van der Waals surface area contributed by atoms with Crippen LogP contribution in [0.15, 0.2) is 27.4 Å². The predicted molar refractivity (Wildman–Crippen MR) is 74.1 cm³/mol. The lowest BCUT2D eigenvalue weighted by Gasteiger charge is -2.01. The summed E-state index contributed by atoms with van der Waals surface area (Å²) in [5.74, 6) is 0.649. The smallest absolute Gasteiger partial charge is 0.261 e. The SMILES string of the molecule is COc1csc(C(=O)NCc2sccc2Br)c1. The van der Waals surface area contributed by atoms with Gasteiger partial charge in [0.15, 0.2) is 0 Å². The molecule has 6 heteroatoms. The summed E-state index contributed by atoms with van der Waals surface area (Å²) < 4.78 is 6.07. The van der Waals surface area contributed by atoms with Crippen molar-refractivity contribution in [1.82, 2.24) is 5.32 Å². The maximum Gasteiger partial charge on any atom is 0.261 e. The Balaban J connectivity index is 1.95. The van der Waals surface area contributed by atoms with Gasteiger partial charge in [-0.05, 0) is 27.4 Å². The minimum atomic E-state index is -0.0707. The molecule has 2 aromatic rings. The Morgan fingerprint density at radius 1 is 1.53 bits per heavy atom. The Kier molecular flexibility index (Phi) is 4.20. The molecule has 0 spiro atoms. The van der Waals surface area contributed by atoms with E-state index in [9.17, 15) is 4.79 Å². The van der Waals surface area contributed by atoms with Crippen molar-refractivity contribution in [3.63, 3.8) is 0 Å². The minimum absolute atomic E-state index is 0.0707. The lowest BCUT2D eigenvalue weighted by Crippen LogP contribution is -2.21. The Hall–Kier alpha value is -0.850. The molecule has 1 amide bonds. The molecule has 0 bridgehead atoms. The van der Waals surface area contributed by atoms with Crippen LogP contribution in [0.4, 0.5) is 0 Å². The summed E-state index contributed by atoms with van der Waals surface area (Å²) in [6.45, 7) is 0.539. The van der Waals surface area contributed by atoms with E-state index in [0.29, 0.717) is 11.4 Å². The van der Waals surface area contributed by atoms with E-state index in [1.54, 1.807) is 24.5 Å². The Bertz CT molecular complexity index is 521. The van der Waals surface area contributed by atoms with Crippen molar-refractivity contribution in [3.8, 4) is 5.75 Å². The molecule has 0 radical (unpaired) electrons. The number of amides is 1. The zero-order valence-corrected chi connectivity index (χ0v) is 12.2. The number of halogens is 1. The number of nitrogens with one attached hydrogen (secondary N) is 1. The zero-order chi connectivity index (χ0) is 12.3. The number of carbonyl (C=O) groups excluding carboxylic acids is 1. The van der Waals surface area contributed by atoms with Crippen molar-refractivity contribution in [2.45, 2.75) is 6.54 Å². The largest absolute Gasteiger partial charge is 0.496 e. The van der Waals surface area contributed by atoms with Crippen molar-refractivity contribution < 1.29 is 9.53 Å². The first kappa shape index (κ1) is 12.6. The standard InChI is InChI=1S/C11H10BrNO2S2/c1-15-7-4-9(17-6-7)11(14)13-5-10-8(12)2-3-16-10/h2-4,6H,5H2,1H3,(H,13,14). The summed E-state index contributed by atoms with van der Waals surface area (Å²) in [5, 5.41) is 6.68. The highest BCUT2D eigenvalue weighted by molar-refractivity contribution is 9.10. The average molecular weight is 332 g/mol. The van der Waals surface area contributed by atoms with Crippen LogP contribution in [0, 0.1) is 0 Å². The maximum atomic E-state index is 11.8. The van der Waals surface area contributed by atoms with Crippen LogP contribution in [0.5, 0.6) is 5.75 Å². The van der Waals surface area contributed by atoms with Gasteiger partial charge in [0.05, 0.1) is 18.5 Å². The molecule has 90 valence electrons. The van der Waals surface area contributed by atoms with E-state index >= 15 is 0 Å². The van der Waals surface area contributed by atoms with E-state index in [1.807, 2.05) is 16.8 Å². The molecule has 0 aliphatic rings. The van der Waals surface area contributed by atoms with Crippen LogP contribution in [0.2, 0.25) is 0 Å². The summed E-state index contributed by atoms with van der Waals surface area (Å²) in [5.41, 5.74) is 0. The van der Waals surface area contributed by atoms with E-state index < -0.39 is 0 Å². The number of methoxy groups -OCH3 is 1. The van der Waals surface area contributed by atoms with Gasteiger partial charge in [-0.1, -0.05) is 0 Å². The summed E-state index contributed by atoms with van der Waals surface area (Å²) in [6, 6.07) is 3.71. The molecule has 0 aliphatic heterocycles. The summed E-state index contributed by atoms with van der Waals surface area (Å²) in [4.78, 5) is 13.6. The van der Waals surface area contributed by atoms with Gasteiger partial charge in [-0.2, -0.15) is 0 Å². The molecule has 0 aromatic carbocycles. The first-order valence-electron chi connectivity index (χ1n) is 4.83. The Morgan fingerprint density at radius 3 is 2.94 bits per heavy atom. The molecule has 1 N–H and O–H groups in total. The predicted octanol–water partition coefficient (Wildman–Crippen LogP) is 3.51. The molecule has 3 nitrogen and oxygen atoms in total. The maximum absolute atomic E-state index is 11.8. The lowest BCUT2D eigenvalue weighted by atomic mass is 10.4. The third-order valence-corrected chi connectivity index (χ3v) is 4.97. The topological polar surface area (TPSA) is 38.3 Å². The van der Waals surface area contributed by atoms with E-state index in [4.69, 9.17) is 4.74 Å². The first-order valence-corrected chi connectivity index (χ1v) is 7.38. The highest BCUT2D eigenvalue weighted by atomic mass is 79.9. The normalized spacial score (nSPS) is 10.2. The Labute approximate surface area is 116 Å². The van der Waals surface area contributed by atoms with Crippen molar-refractivity contribution >= 4 is 44.5 Å². The highest BCUT2D eigenvalue weighted by Gasteiger charge is 2.10. The van der Waals surface area contributed by atoms with Gasteiger partial charge in [0.2, 0.25) is 0 Å². The van der Waals surface area contributed by atoms with Crippen molar-refractivity contribution in [2.24, 2.45) is 0 Å². The molecular formula is C11H10BrNO2S2. The van der Waals surface area contributed by atoms with Crippen LogP contribution in [-0.2, 0) is 6.54 Å². The second-order valence-corrected chi connectivity index (χ2v) is 5.99. The van der Waals surface area contributed by atoms with Gasteiger partial charge in [0.25, 0.3) is 5.91 Å². The monoisotopic (exact) mass is 331 g/mol. The molecular weight excluding hydrogens is 322 g/mol. The van der Waals surface area contributed by atoms with E-state index in [2.05, 4.69) is 21.2 Å². The van der Waals surface area contributed by atoms with Gasteiger partial charge in [-0.3, -0.25) is 4.79 Å². The second-order valence-electron chi connectivity index (χ2n) is 3.23. The number of ether oxygens (including phenoxy) is 1. The van der Waals surface area contributed by atoms with Crippen LogP contribution >= 0.6 is 38.6 Å². The van der Waals surface area contributed by atoms with Crippen LogP contribution in [0.3, 0.4) is 0 Å². The highest BCUT2D eigenvalue weighted by Crippen LogP contribution is 2.23. The van der Waals surface area contributed by atoms with Gasteiger partial charge in [-0.25, -0.2) is 0 Å². The molecule has 17 heavy (non-hydrogen) atoms. The van der Waals surface area contributed by atoms with Crippen molar-refractivity contribution in [1.29, 1.82) is 0 Å². The molecule has 2 aromatic heterocycles. The lowest BCUT2D eigenvalue weighted by molar-refractivity contribution is 0.0955. The minimum Gasteiger partial charge on any atom is -0.496 e. The number of rotatable bonds is 4. The van der Waals surface area contributed by atoms with Crippen LogP contribution in [0.25, 0.3) is 0 Å². The Morgan fingerprint density at radius 2 is 2.35 bits per heavy atom. The number of hydrogen-bond acceptors (Lipinski definition) is 4. The molecule has 0 fully saturated rings. The summed E-state index contributed by atoms with van der Waals surface area (Å²) in [6.07, 6.45) is 0. The van der Waals surface area contributed by atoms with Gasteiger partial charge in [0, 0.05) is 20.8 Å². The number of hydrogen-bond donors (Lipinski definition) is 1. The first-order chi connectivity index (χ1) is 8.20. The van der Waals surface area contributed by atoms with Gasteiger partial charge in [0.1, 0.15) is 5.75 Å². The van der Waals surface area contributed by atoms with Crippen molar-refractivity contribution in [2.75, 3.05) is 7.11 Å². The number of thiophene rings is 2. The third-order valence-electron chi connectivity index (χ3n) is 2.14.